The Kier molecular flexibility index (Phi) is 6.34. The average Bonchev–Trinajstić information content (AvgIpc) is 3.12. The molecule has 32 heavy (non-hydrogen) atoms. The fraction of sp³-hybridized carbons (Fsp3) is 0.350. The van der Waals surface area contributed by atoms with Gasteiger partial charge >= 0.3 is 15.6 Å². The van der Waals surface area contributed by atoms with E-state index in [1.165, 1.54) is 6.07 Å². The van der Waals surface area contributed by atoms with Crippen molar-refractivity contribution in [2.45, 2.75) is 31.7 Å². The van der Waals surface area contributed by atoms with Gasteiger partial charge in [0, 0.05) is 22.1 Å². The molecule has 0 N–H and O–H groups in total. The second kappa shape index (κ2) is 8.62. The summed E-state index contributed by atoms with van der Waals surface area (Å²) >= 11 is 1.14. The molecule has 0 aliphatic carbocycles. The molecule has 4 nitrogen and oxygen atoms in total. The zero-order valence-electron chi connectivity index (χ0n) is 16.6. The molecule has 3 aromatic rings. The van der Waals surface area contributed by atoms with E-state index in [2.05, 4.69) is 3.63 Å². The third kappa shape index (κ3) is 4.06. The highest BCUT2D eigenvalue weighted by Gasteiger charge is 2.48. The van der Waals surface area contributed by atoms with Crippen LogP contribution in [0.3, 0.4) is 0 Å². The molecule has 12 heteroatoms. The quantitative estimate of drug-likeness (QED) is 0.222. The first-order valence-corrected chi connectivity index (χ1v) is 13.3. The van der Waals surface area contributed by atoms with Gasteiger partial charge in [-0.05, 0) is 53.1 Å². The first kappa shape index (κ1) is 23.5. The highest BCUT2D eigenvalue weighted by atomic mass is 32.3. The lowest BCUT2D eigenvalue weighted by Crippen LogP contribution is -2.25. The predicted molar refractivity (Wildman–Crippen MR) is 117 cm³/mol. The van der Waals surface area contributed by atoms with Crippen molar-refractivity contribution in [3.63, 3.8) is 0 Å². The standard InChI is InChI=1S/C20H17F5O4S3/c1-2-4-11-5-6-12-15-13(7-8-14(21)18(15)28-17(12)16(11)22)19-30-9-3-10-31(19)29-32(26,27)20(23,24)25/h5-8H,2-4,9-10H2,1H3. The molecule has 0 saturated carbocycles. The van der Waals surface area contributed by atoms with Crippen molar-refractivity contribution in [1.29, 1.82) is 0 Å². The van der Waals surface area contributed by atoms with Crippen LogP contribution in [-0.4, -0.2) is 29.6 Å². The predicted octanol–water partition coefficient (Wildman–Crippen LogP) is 6.48. The van der Waals surface area contributed by atoms with E-state index < -0.39 is 38.0 Å². The molecule has 0 amide bonds. The molecule has 2 aromatic carbocycles. The summed E-state index contributed by atoms with van der Waals surface area (Å²) in [5, 5.41) is 0.435. The van der Waals surface area contributed by atoms with Crippen LogP contribution in [-0.2, 0) is 20.2 Å². The summed E-state index contributed by atoms with van der Waals surface area (Å²) in [6.45, 7) is 1.88. The van der Waals surface area contributed by atoms with Crippen molar-refractivity contribution in [3.05, 3.63) is 47.0 Å². The number of hydrogen-bond acceptors (Lipinski definition) is 5. The summed E-state index contributed by atoms with van der Waals surface area (Å²) < 4.78 is 102. The minimum atomic E-state index is -5.83. The van der Waals surface area contributed by atoms with Crippen LogP contribution in [0.4, 0.5) is 22.0 Å². The van der Waals surface area contributed by atoms with Crippen LogP contribution in [0.5, 0.6) is 0 Å². The highest BCUT2D eigenvalue weighted by Crippen LogP contribution is 2.43. The molecule has 1 aliphatic rings. The first-order chi connectivity index (χ1) is 15.0. The Hall–Kier alpha value is -1.63. The second-order valence-electron chi connectivity index (χ2n) is 7.07. The number of benzene rings is 2. The van der Waals surface area contributed by atoms with Crippen molar-refractivity contribution < 1.29 is 38.4 Å². The minimum Gasteiger partial charge on any atom is -0.450 e. The molecule has 0 fully saturated rings. The van der Waals surface area contributed by atoms with Gasteiger partial charge in [-0.2, -0.15) is 25.2 Å². The molecule has 4 rings (SSSR count). The number of furan rings is 1. The van der Waals surface area contributed by atoms with Crippen LogP contribution >= 0.6 is 22.5 Å². The van der Waals surface area contributed by atoms with E-state index >= 15 is 0 Å². The number of alkyl halides is 3. The molecule has 1 atom stereocenters. The number of thioether (sulfide) groups is 1. The lowest BCUT2D eigenvalue weighted by atomic mass is 10.0. The summed E-state index contributed by atoms with van der Waals surface area (Å²) in [6.07, 6.45) is 1.58. The summed E-state index contributed by atoms with van der Waals surface area (Å²) in [5.41, 5.74) is -5.28. The van der Waals surface area contributed by atoms with Gasteiger partial charge in [0.05, 0.1) is 4.20 Å². The van der Waals surface area contributed by atoms with Gasteiger partial charge < -0.3 is 4.42 Å². The monoisotopic (exact) mass is 512 g/mol. The van der Waals surface area contributed by atoms with E-state index in [1.807, 2.05) is 6.92 Å². The molecule has 2 heterocycles. The Labute approximate surface area is 187 Å². The van der Waals surface area contributed by atoms with E-state index in [0.717, 1.165) is 17.8 Å². The number of halogens is 5. The molecule has 1 aliphatic heterocycles. The summed E-state index contributed by atoms with van der Waals surface area (Å²) in [6, 6.07) is 5.54. The van der Waals surface area contributed by atoms with Gasteiger partial charge in [0.1, 0.15) is 0 Å². The lowest BCUT2D eigenvalue weighted by molar-refractivity contribution is -0.0494. The smallest absolute Gasteiger partial charge is 0.450 e. The first-order valence-electron chi connectivity index (χ1n) is 9.59. The maximum atomic E-state index is 15.0. The van der Waals surface area contributed by atoms with Crippen molar-refractivity contribution in [1.82, 2.24) is 0 Å². The summed E-state index contributed by atoms with van der Waals surface area (Å²) in [5.74, 6) is -0.817. The number of fused-ring (bicyclic) bond motifs is 3. The summed E-state index contributed by atoms with van der Waals surface area (Å²) in [7, 11) is -7.56. The van der Waals surface area contributed by atoms with Crippen LogP contribution in [0.1, 0.15) is 30.9 Å². The topological polar surface area (TPSA) is 56.5 Å². The molecule has 0 radical (unpaired) electrons. The van der Waals surface area contributed by atoms with E-state index in [1.54, 1.807) is 12.1 Å². The van der Waals surface area contributed by atoms with E-state index in [0.29, 0.717) is 30.6 Å². The highest BCUT2D eigenvalue weighted by molar-refractivity contribution is 8.34. The SMILES string of the molecule is CCCc1ccc2c(oc3c(F)ccc(C4=S(OS(=O)(=O)C(F)(F)F)CCCS4)c32)c1F. The Morgan fingerprint density at radius 1 is 1.16 bits per heavy atom. The van der Waals surface area contributed by atoms with Gasteiger partial charge in [-0.3, -0.25) is 0 Å². The molecule has 1 aromatic heterocycles. The van der Waals surface area contributed by atoms with Gasteiger partial charge in [0.15, 0.2) is 22.8 Å². The third-order valence-electron chi connectivity index (χ3n) is 4.87. The van der Waals surface area contributed by atoms with Crippen molar-refractivity contribution >= 4 is 58.8 Å². The van der Waals surface area contributed by atoms with Crippen molar-refractivity contribution in [2.24, 2.45) is 0 Å². The van der Waals surface area contributed by atoms with Gasteiger partial charge in [-0.25, -0.2) is 8.78 Å². The van der Waals surface area contributed by atoms with Crippen molar-refractivity contribution in [3.8, 4) is 0 Å². The number of rotatable bonds is 5. The maximum Gasteiger partial charge on any atom is 0.524 e. The Bertz CT molecular complexity index is 1340. The van der Waals surface area contributed by atoms with Gasteiger partial charge in [-0.1, -0.05) is 19.4 Å². The van der Waals surface area contributed by atoms with Crippen LogP contribution in [0.2, 0.25) is 0 Å². The molecular weight excluding hydrogens is 495 g/mol. The Morgan fingerprint density at radius 3 is 2.59 bits per heavy atom. The van der Waals surface area contributed by atoms with Gasteiger partial charge in [-0.15, -0.1) is 11.8 Å². The molecule has 0 bridgehead atoms. The Balaban J connectivity index is 1.98. The molecule has 1 unspecified atom stereocenters. The Morgan fingerprint density at radius 2 is 1.91 bits per heavy atom. The average molecular weight is 513 g/mol. The van der Waals surface area contributed by atoms with E-state index in [-0.39, 0.29) is 37.5 Å². The second-order valence-corrected chi connectivity index (χ2v) is 11.9. The van der Waals surface area contributed by atoms with E-state index in [4.69, 9.17) is 4.42 Å². The molecular formula is C20H17F5O4S3. The fourth-order valence-corrected chi connectivity index (χ4v) is 8.44. The molecule has 0 saturated heterocycles. The normalized spacial score (nSPS) is 18.1. The van der Waals surface area contributed by atoms with Crippen LogP contribution in [0.15, 0.2) is 28.7 Å². The lowest BCUT2D eigenvalue weighted by Gasteiger charge is -2.21. The fourth-order valence-electron chi connectivity index (χ4n) is 3.48. The van der Waals surface area contributed by atoms with E-state index in [9.17, 15) is 30.4 Å². The third-order valence-corrected chi connectivity index (χ3v) is 9.99. The number of hydrogen-bond donors (Lipinski definition) is 0. The summed E-state index contributed by atoms with van der Waals surface area (Å²) in [4.78, 5) is 0. The minimum absolute atomic E-state index is 0.0569. The maximum absolute atomic E-state index is 15.0. The van der Waals surface area contributed by atoms with Crippen LogP contribution < -0.4 is 0 Å². The largest absolute Gasteiger partial charge is 0.524 e. The van der Waals surface area contributed by atoms with Crippen LogP contribution in [0, 0.1) is 11.6 Å². The zero-order valence-corrected chi connectivity index (χ0v) is 19.0. The molecule has 0 spiro atoms. The van der Waals surface area contributed by atoms with Crippen molar-refractivity contribution in [2.75, 3.05) is 11.5 Å². The van der Waals surface area contributed by atoms with Crippen LogP contribution in [0.25, 0.3) is 21.9 Å². The zero-order chi connectivity index (χ0) is 23.3. The van der Waals surface area contributed by atoms with Gasteiger partial charge in [0.2, 0.25) is 0 Å². The molecule has 174 valence electrons. The number of aryl methyl sites for hydroxylation is 1. The van der Waals surface area contributed by atoms with Gasteiger partial charge in [0.25, 0.3) is 0 Å².